The first-order valence-electron chi connectivity index (χ1n) is 19.5. The van der Waals surface area contributed by atoms with Gasteiger partial charge in [0.1, 0.15) is 30.9 Å². The SMILES string of the molecule is [K+].c1ccc([B-](c2ccccc2)(c2ccccc2)c2ccccc2)cc1.c1ccc2c(c1)OCCOCCOCCOCCOc1ccccc1-c1ccccc1-2. The van der Waals surface area contributed by atoms with E-state index in [1.165, 1.54) is 21.9 Å². The van der Waals surface area contributed by atoms with E-state index < -0.39 is 6.15 Å². The maximum absolute atomic E-state index is 6.08. The quantitative estimate of drug-likeness (QED) is 0.238. The van der Waals surface area contributed by atoms with Crippen molar-refractivity contribution < 1.29 is 75.1 Å². The Morgan fingerprint density at radius 2 is 0.509 bits per heavy atom. The molecule has 7 aromatic carbocycles. The molecule has 0 bridgehead atoms. The summed E-state index contributed by atoms with van der Waals surface area (Å²) < 4.78 is 28.9. The van der Waals surface area contributed by atoms with Crippen molar-refractivity contribution in [3.8, 4) is 33.8 Å². The van der Waals surface area contributed by atoms with E-state index in [9.17, 15) is 0 Å². The van der Waals surface area contributed by atoms with Gasteiger partial charge < -0.3 is 23.7 Å². The van der Waals surface area contributed by atoms with E-state index in [1.807, 2.05) is 48.5 Å². The van der Waals surface area contributed by atoms with E-state index in [0.29, 0.717) is 52.9 Å². The van der Waals surface area contributed by atoms with Gasteiger partial charge in [-0.25, -0.2) is 0 Å². The third kappa shape index (κ3) is 10.8. The molecule has 5 nitrogen and oxygen atoms in total. The zero-order chi connectivity index (χ0) is 38.1. The summed E-state index contributed by atoms with van der Waals surface area (Å²) in [5, 5.41) is 0. The van der Waals surface area contributed by atoms with Crippen LogP contribution in [0.5, 0.6) is 11.5 Å². The van der Waals surface area contributed by atoms with Crippen molar-refractivity contribution in [2.75, 3.05) is 52.9 Å². The van der Waals surface area contributed by atoms with Gasteiger partial charge in [-0.1, -0.05) is 182 Å². The molecule has 282 valence electrons. The van der Waals surface area contributed by atoms with E-state index in [4.69, 9.17) is 23.7 Å². The molecule has 0 spiro atoms. The van der Waals surface area contributed by atoms with Crippen LogP contribution >= 0.6 is 0 Å². The predicted octanol–water partition coefficient (Wildman–Crippen LogP) is 4.91. The third-order valence-corrected chi connectivity index (χ3v) is 10.2. The largest absolute Gasteiger partial charge is 1.00 e. The molecule has 1 heterocycles. The van der Waals surface area contributed by atoms with Crippen LogP contribution in [0.1, 0.15) is 0 Å². The molecule has 8 rings (SSSR count). The monoisotopic (exact) mass is 778 g/mol. The number of fused-ring (bicyclic) bond motifs is 5. The van der Waals surface area contributed by atoms with Gasteiger partial charge in [0.15, 0.2) is 0 Å². The van der Waals surface area contributed by atoms with Crippen molar-refractivity contribution >= 4 is 28.0 Å². The van der Waals surface area contributed by atoms with Crippen LogP contribution in [0.4, 0.5) is 0 Å². The molecule has 0 aliphatic carbocycles. The van der Waals surface area contributed by atoms with Gasteiger partial charge in [-0.2, -0.15) is 21.9 Å². The molecular weight excluding hydrogens is 730 g/mol. The molecule has 1 aliphatic rings. The fourth-order valence-corrected chi connectivity index (χ4v) is 7.67. The molecule has 7 aromatic rings. The van der Waals surface area contributed by atoms with Gasteiger partial charge in [0.05, 0.1) is 39.6 Å². The summed E-state index contributed by atoms with van der Waals surface area (Å²) in [4.78, 5) is 0. The Bertz CT molecular complexity index is 1960. The zero-order valence-corrected chi connectivity index (χ0v) is 35.9. The fraction of sp³-hybridized carbons (Fsp3) is 0.160. The van der Waals surface area contributed by atoms with E-state index in [2.05, 4.69) is 146 Å². The van der Waals surface area contributed by atoms with Gasteiger partial charge in [0.2, 0.25) is 0 Å². The third-order valence-electron chi connectivity index (χ3n) is 10.2. The standard InChI is InChI=1S/C26H28O5.C24H20B.K/c1-2-8-22-21(7-1)23-9-3-5-11-25(23)30-19-17-28-15-13-27-14-16-29-18-20-31-26-12-6-4-10-24(22)26;1-5-13-21(14-6-1)25(22-15-7-2-8-16-22,23-17-9-3-10-18-23)24-19-11-4-12-20-24;/h1-12H,13-20H2;1-20H;/q;-1;+1. The van der Waals surface area contributed by atoms with E-state index in [-0.39, 0.29) is 51.4 Å². The molecule has 0 saturated carbocycles. The first kappa shape index (κ1) is 42.3. The number of rotatable bonds is 4. The van der Waals surface area contributed by atoms with Gasteiger partial charge in [0.25, 0.3) is 0 Å². The molecule has 1 aliphatic heterocycles. The Kier molecular flexibility index (Phi) is 16.8. The van der Waals surface area contributed by atoms with Gasteiger partial charge in [-0.15, -0.1) is 0 Å². The van der Waals surface area contributed by atoms with Gasteiger partial charge in [-0.3, -0.25) is 0 Å². The van der Waals surface area contributed by atoms with Crippen LogP contribution in [0.15, 0.2) is 194 Å². The van der Waals surface area contributed by atoms with Crippen molar-refractivity contribution in [1.82, 2.24) is 0 Å². The number of benzene rings is 7. The van der Waals surface area contributed by atoms with E-state index >= 15 is 0 Å². The van der Waals surface area contributed by atoms with Crippen molar-refractivity contribution in [3.63, 3.8) is 0 Å². The molecule has 0 amide bonds. The Morgan fingerprint density at radius 1 is 0.263 bits per heavy atom. The topological polar surface area (TPSA) is 46.2 Å². The smallest absolute Gasteiger partial charge is 0.491 e. The summed E-state index contributed by atoms with van der Waals surface area (Å²) in [6.45, 7) is 4.11. The van der Waals surface area contributed by atoms with Crippen LogP contribution in [0.3, 0.4) is 0 Å². The Balaban J connectivity index is 0.000000193. The normalized spacial score (nSPS) is 13.7. The molecule has 0 atom stereocenters. The molecule has 0 saturated heterocycles. The molecule has 0 fully saturated rings. The maximum Gasteiger partial charge on any atom is 1.00 e. The Labute approximate surface area is 380 Å². The van der Waals surface area contributed by atoms with Crippen molar-refractivity contribution in [3.05, 3.63) is 194 Å². The van der Waals surface area contributed by atoms with Crippen LogP contribution in [0.25, 0.3) is 22.3 Å². The second kappa shape index (κ2) is 22.6. The fourth-order valence-electron chi connectivity index (χ4n) is 7.67. The number of hydrogen-bond acceptors (Lipinski definition) is 5. The summed E-state index contributed by atoms with van der Waals surface area (Å²) in [6.07, 6.45) is -1.22. The van der Waals surface area contributed by atoms with Gasteiger partial charge in [0, 0.05) is 11.1 Å². The second-order valence-electron chi connectivity index (χ2n) is 13.6. The average Bonchev–Trinajstić information content (AvgIpc) is 3.27. The minimum Gasteiger partial charge on any atom is -0.491 e. The Morgan fingerprint density at radius 3 is 0.825 bits per heavy atom. The molecule has 7 heteroatoms. The first-order valence-corrected chi connectivity index (χ1v) is 19.5. The summed E-state index contributed by atoms with van der Waals surface area (Å²) in [7, 11) is 0. The summed E-state index contributed by atoms with van der Waals surface area (Å²) in [5.41, 5.74) is 9.62. The molecule has 0 aromatic heterocycles. The Hall–Kier alpha value is -4.28. The number of ether oxygens (including phenoxy) is 5. The van der Waals surface area contributed by atoms with Crippen LogP contribution < -0.4 is 82.7 Å². The minimum absolute atomic E-state index is 0. The minimum atomic E-state index is -1.22. The molecule has 57 heavy (non-hydrogen) atoms. The van der Waals surface area contributed by atoms with Gasteiger partial charge in [-0.05, 0) is 23.3 Å². The summed E-state index contributed by atoms with van der Waals surface area (Å²) in [5.74, 6) is 1.67. The maximum atomic E-state index is 6.08. The van der Waals surface area contributed by atoms with E-state index in [1.54, 1.807) is 0 Å². The first-order chi connectivity index (χ1) is 27.9. The summed E-state index contributed by atoms with van der Waals surface area (Å²) >= 11 is 0. The average molecular weight is 779 g/mol. The molecule has 0 unspecified atom stereocenters. The number of hydrogen-bond donors (Lipinski definition) is 0. The second-order valence-corrected chi connectivity index (χ2v) is 13.6. The zero-order valence-electron chi connectivity index (χ0n) is 32.8. The molecule has 0 radical (unpaired) electrons. The van der Waals surface area contributed by atoms with Crippen LogP contribution in [-0.4, -0.2) is 59.0 Å². The number of para-hydroxylation sites is 2. The van der Waals surface area contributed by atoms with Crippen molar-refractivity contribution in [2.24, 2.45) is 0 Å². The van der Waals surface area contributed by atoms with Gasteiger partial charge >= 0.3 is 51.4 Å². The molecular formula is C50H48BKO5. The van der Waals surface area contributed by atoms with Crippen molar-refractivity contribution in [2.45, 2.75) is 0 Å². The van der Waals surface area contributed by atoms with Crippen molar-refractivity contribution in [1.29, 1.82) is 0 Å². The van der Waals surface area contributed by atoms with Crippen LogP contribution in [-0.2, 0) is 14.2 Å². The van der Waals surface area contributed by atoms with Crippen LogP contribution in [0, 0.1) is 0 Å². The predicted molar refractivity (Wildman–Crippen MR) is 231 cm³/mol. The molecule has 0 N–H and O–H groups in total. The van der Waals surface area contributed by atoms with E-state index in [0.717, 1.165) is 33.8 Å². The summed E-state index contributed by atoms with van der Waals surface area (Å²) in [6, 6.07) is 68.1. The van der Waals surface area contributed by atoms with Crippen LogP contribution in [0.2, 0.25) is 0 Å².